The average Bonchev–Trinajstić information content (AvgIpc) is 3.32. The molecule has 1 aliphatic heterocycles. The summed E-state index contributed by atoms with van der Waals surface area (Å²) in [4.78, 5) is 12.5. The van der Waals surface area contributed by atoms with Crippen molar-refractivity contribution in [2.75, 3.05) is 24.3 Å². The van der Waals surface area contributed by atoms with Crippen molar-refractivity contribution in [3.05, 3.63) is 41.7 Å². The number of allylic oxidation sites excluding steroid dienone is 4. The number of amides is 1. The van der Waals surface area contributed by atoms with Crippen LogP contribution in [0.2, 0.25) is 0 Å². The number of nitrogens with one attached hydrogen (secondary N) is 1. The lowest BCUT2D eigenvalue weighted by molar-refractivity contribution is -0.113. The molecule has 2 heterocycles. The van der Waals surface area contributed by atoms with E-state index in [1.807, 2.05) is 12.1 Å². The maximum absolute atomic E-state index is 12.5. The lowest BCUT2D eigenvalue weighted by Crippen LogP contribution is -2.17. The van der Waals surface area contributed by atoms with Crippen molar-refractivity contribution in [3.8, 4) is 11.5 Å². The van der Waals surface area contributed by atoms with Gasteiger partial charge in [-0.3, -0.25) is 4.79 Å². The van der Waals surface area contributed by atoms with Gasteiger partial charge in [-0.25, -0.2) is 0 Å². The second-order valence-electron chi connectivity index (χ2n) is 6.95. The summed E-state index contributed by atoms with van der Waals surface area (Å²) in [6.45, 7) is 6.12. The molecule has 0 bridgehead atoms. The van der Waals surface area contributed by atoms with Crippen LogP contribution in [0.1, 0.15) is 32.5 Å². The maximum Gasteiger partial charge on any atom is 0.234 e. The molecule has 0 spiro atoms. The number of ether oxygens (including phenoxy) is 2. The Kier molecular flexibility index (Phi) is 5.89. The predicted octanol–water partition coefficient (Wildman–Crippen LogP) is 3.92. The predicted molar refractivity (Wildman–Crippen MR) is 113 cm³/mol. The smallest absolute Gasteiger partial charge is 0.234 e. The van der Waals surface area contributed by atoms with Gasteiger partial charge in [0.15, 0.2) is 22.5 Å². The van der Waals surface area contributed by atoms with Gasteiger partial charge in [0, 0.05) is 23.9 Å². The SMILES string of the molecule is CCCn1c(SCC(=O)Nc2ccc3c(c2)OCCO3)nnc1C1=C(C)CC=C1. The molecule has 0 unspecified atom stereocenters. The van der Waals surface area contributed by atoms with Gasteiger partial charge in [-0.05, 0) is 31.9 Å². The van der Waals surface area contributed by atoms with Gasteiger partial charge in [-0.2, -0.15) is 0 Å². The summed E-state index contributed by atoms with van der Waals surface area (Å²) >= 11 is 1.40. The summed E-state index contributed by atoms with van der Waals surface area (Å²) in [5, 5.41) is 12.4. The van der Waals surface area contributed by atoms with E-state index in [4.69, 9.17) is 9.47 Å². The number of fused-ring (bicyclic) bond motifs is 1. The Morgan fingerprint density at radius 2 is 2.07 bits per heavy atom. The minimum Gasteiger partial charge on any atom is -0.486 e. The molecule has 0 atom stereocenters. The molecule has 29 heavy (non-hydrogen) atoms. The first-order chi connectivity index (χ1) is 14.2. The fourth-order valence-electron chi connectivity index (χ4n) is 3.34. The van der Waals surface area contributed by atoms with Gasteiger partial charge < -0.3 is 19.4 Å². The van der Waals surface area contributed by atoms with E-state index in [1.165, 1.54) is 17.3 Å². The fraction of sp³-hybridized carbons (Fsp3) is 0.381. The molecule has 4 rings (SSSR count). The first-order valence-electron chi connectivity index (χ1n) is 9.78. The monoisotopic (exact) mass is 412 g/mol. The zero-order chi connectivity index (χ0) is 20.2. The summed E-state index contributed by atoms with van der Waals surface area (Å²) in [5.74, 6) is 2.39. The molecule has 1 amide bonds. The summed E-state index contributed by atoms with van der Waals surface area (Å²) in [5.41, 5.74) is 3.12. The number of benzene rings is 1. The molecule has 2 aromatic rings. The highest BCUT2D eigenvalue weighted by molar-refractivity contribution is 7.99. The average molecular weight is 413 g/mol. The van der Waals surface area contributed by atoms with Gasteiger partial charge in [0.2, 0.25) is 5.91 Å². The molecule has 8 heteroatoms. The highest BCUT2D eigenvalue weighted by atomic mass is 32.2. The molecule has 1 N–H and O–H groups in total. The number of nitrogens with zero attached hydrogens (tertiary/aromatic N) is 3. The van der Waals surface area contributed by atoms with E-state index in [1.54, 1.807) is 6.07 Å². The van der Waals surface area contributed by atoms with Crippen molar-refractivity contribution in [2.45, 2.75) is 38.4 Å². The van der Waals surface area contributed by atoms with Gasteiger partial charge in [-0.1, -0.05) is 36.4 Å². The lowest BCUT2D eigenvalue weighted by Gasteiger charge is -2.19. The van der Waals surface area contributed by atoms with Crippen LogP contribution in [0.25, 0.3) is 5.57 Å². The van der Waals surface area contributed by atoms with Crippen molar-refractivity contribution in [1.82, 2.24) is 14.8 Å². The van der Waals surface area contributed by atoms with Crippen molar-refractivity contribution in [3.63, 3.8) is 0 Å². The first kappa shape index (κ1) is 19.6. The Labute approximate surface area is 174 Å². The zero-order valence-corrected chi connectivity index (χ0v) is 17.4. The second-order valence-corrected chi connectivity index (χ2v) is 7.90. The number of anilines is 1. The van der Waals surface area contributed by atoms with Gasteiger partial charge in [0.25, 0.3) is 0 Å². The quantitative estimate of drug-likeness (QED) is 0.695. The highest BCUT2D eigenvalue weighted by Crippen LogP contribution is 2.33. The Hall–Kier alpha value is -2.74. The van der Waals surface area contributed by atoms with Crippen LogP contribution in [0.3, 0.4) is 0 Å². The molecule has 1 aromatic heterocycles. The summed E-state index contributed by atoms with van der Waals surface area (Å²) in [7, 11) is 0. The van der Waals surface area contributed by atoms with E-state index in [0.29, 0.717) is 30.4 Å². The second kappa shape index (κ2) is 8.73. The standard InChI is InChI=1S/C21H24N4O3S/c1-3-9-25-20(16-6-4-5-14(16)2)23-24-21(25)29-13-19(26)22-15-7-8-17-18(12-15)28-11-10-27-17/h4,6-8,12H,3,5,9-11,13H2,1-2H3,(H,22,26). The third-order valence-corrected chi connectivity index (χ3v) is 5.70. The van der Waals surface area contributed by atoms with Crippen LogP contribution < -0.4 is 14.8 Å². The summed E-state index contributed by atoms with van der Waals surface area (Å²) < 4.78 is 13.2. The van der Waals surface area contributed by atoms with E-state index < -0.39 is 0 Å². The normalized spacial score (nSPS) is 15.1. The Bertz CT molecular complexity index is 980. The molecule has 0 fully saturated rings. The molecular weight excluding hydrogens is 388 g/mol. The molecule has 1 aromatic carbocycles. The number of hydrogen-bond donors (Lipinski definition) is 1. The number of thioether (sulfide) groups is 1. The Morgan fingerprint density at radius 1 is 1.24 bits per heavy atom. The number of aromatic nitrogens is 3. The van der Waals surface area contributed by atoms with Crippen LogP contribution in [0.15, 0.2) is 41.1 Å². The third kappa shape index (κ3) is 4.32. The van der Waals surface area contributed by atoms with Crippen LogP contribution in [0.5, 0.6) is 11.5 Å². The Balaban J connectivity index is 1.42. The topological polar surface area (TPSA) is 78.3 Å². The molecule has 152 valence electrons. The van der Waals surface area contributed by atoms with Crippen LogP contribution in [-0.4, -0.2) is 39.6 Å². The number of carbonyl (C=O) groups is 1. The van der Waals surface area contributed by atoms with Crippen LogP contribution in [0, 0.1) is 0 Å². The zero-order valence-electron chi connectivity index (χ0n) is 16.6. The number of rotatable bonds is 7. The van der Waals surface area contributed by atoms with E-state index in [9.17, 15) is 4.79 Å². The highest BCUT2D eigenvalue weighted by Gasteiger charge is 2.19. The number of hydrogen-bond acceptors (Lipinski definition) is 6. The molecule has 0 saturated heterocycles. The van der Waals surface area contributed by atoms with Crippen LogP contribution >= 0.6 is 11.8 Å². The number of carbonyl (C=O) groups excluding carboxylic acids is 1. The van der Waals surface area contributed by atoms with Gasteiger partial charge in [0.05, 0.1) is 5.75 Å². The van der Waals surface area contributed by atoms with Crippen molar-refractivity contribution in [2.24, 2.45) is 0 Å². The Morgan fingerprint density at radius 3 is 2.83 bits per heavy atom. The van der Waals surface area contributed by atoms with Gasteiger partial charge >= 0.3 is 0 Å². The van der Waals surface area contributed by atoms with Crippen molar-refractivity contribution in [1.29, 1.82) is 0 Å². The lowest BCUT2D eigenvalue weighted by atomic mass is 10.1. The molecular formula is C21H24N4O3S. The molecule has 1 aliphatic carbocycles. The minimum absolute atomic E-state index is 0.101. The van der Waals surface area contributed by atoms with Crippen molar-refractivity contribution >= 4 is 28.9 Å². The van der Waals surface area contributed by atoms with Crippen molar-refractivity contribution < 1.29 is 14.3 Å². The molecule has 7 nitrogen and oxygen atoms in total. The summed E-state index contributed by atoms with van der Waals surface area (Å²) in [6, 6.07) is 5.42. The summed E-state index contributed by atoms with van der Waals surface area (Å²) in [6.07, 6.45) is 6.17. The minimum atomic E-state index is -0.101. The van der Waals surface area contributed by atoms with E-state index in [-0.39, 0.29) is 11.7 Å². The fourth-order valence-corrected chi connectivity index (χ4v) is 4.10. The van der Waals surface area contributed by atoms with E-state index in [2.05, 4.69) is 46.1 Å². The third-order valence-electron chi connectivity index (χ3n) is 4.73. The molecule has 0 saturated carbocycles. The van der Waals surface area contributed by atoms with Gasteiger partial charge in [-0.15, -0.1) is 10.2 Å². The largest absolute Gasteiger partial charge is 0.486 e. The molecule has 0 radical (unpaired) electrons. The maximum atomic E-state index is 12.5. The molecule has 2 aliphatic rings. The first-order valence-corrected chi connectivity index (χ1v) is 10.8. The van der Waals surface area contributed by atoms with E-state index >= 15 is 0 Å². The van der Waals surface area contributed by atoms with Gasteiger partial charge in [0.1, 0.15) is 13.2 Å². The van der Waals surface area contributed by atoms with E-state index in [0.717, 1.165) is 35.9 Å². The van der Waals surface area contributed by atoms with Crippen LogP contribution in [-0.2, 0) is 11.3 Å². The van der Waals surface area contributed by atoms with Crippen LogP contribution in [0.4, 0.5) is 5.69 Å².